The van der Waals surface area contributed by atoms with E-state index in [4.69, 9.17) is 10.2 Å². The van der Waals surface area contributed by atoms with Crippen LogP contribution in [0.15, 0.2) is 0 Å². The summed E-state index contributed by atoms with van der Waals surface area (Å²) in [6.07, 6.45) is -1.54. The van der Waals surface area contributed by atoms with E-state index < -0.39 is 12.2 Å². The largest absolute Gasteiger partial charge is 0.388 e. The molecule has 0 aromatic carbocycles. The quantitative estimate of drug-likeness (QED) is 0.546. The fourth-order valence-electron chi connectivity index (χ4n) is 1.31. The molecular formula is C8H15NO3. The molecule has 0 aromatic heterocycles. The molecule has 1 amide bonds. The van der Waals surface area contributed by atoms with Crippen molar-refractivity contribution in [3.8, 4) is 0 Å². The lowest BCUT2D eigenvalue weighted by atomic mass is 10.2. The van der Waals surface area contributed by atoms with E-state index in [0.29, 0.717) is 0 Å². The van der Waals surface area contributed by atoms with Gasteiger partial charge in [-0.2, -0.15) is 0 Å². The van der Waals surface area contributed by atoms with Crippen LogP contribution in [0.2, 0.25) is 0 Å². The minimum atomic E-state index is -0.771. The highest BCUT2D eigenvalue weighted by Gasteiger charge is 2.33. The van der Waals surface area contributed by atoms with Gasteiger partial charge in [-0.15, -0.1) is 0 Å². The van der Waals surface area contributed by atoms with Crippen LogP contribution in [0.5, 0.6) is 0 Å². The molecule has 0 radical (unpaired) electrons. The molecule has 0 aliphatic carbocycles. The van der Waals surface area contributed by atoms with Crippen LogP contribution in [-0.4, -0.2) is 46.3 Å². The molecule has 1 fully saturated rings. The van der Waals surface area contributed by atoms with Crippen LogP contribution >= 0.6 is 0 Å². The van der Waals surface area contributed by atoms with E-state index in [1.165, 1.54) is 4.90 Å². The monoisotopic (exact) mass is 173 g/mol. The summed E-state index contributed by atoms with van der Waals surface area (Å²) < 4.78 is 0. The summed E-state index contributed by atoms with van der Waals surface area (Å²) in [5.41, 5.74) is 0. The minimum absolute atomic E-state index is 0.00870. The third-order valence-electron chi connectivity index (χ3n) is 2.06. The number of rotatable bonds is 1. The van der Waals surface area contributed by atoms with Crippen molar-refractivity contribution in [2.24, 2.45) is 5.92 Å². The zero-order valence-corrected chi connectivity index (χ0v) is 7.40. The Hall–Kier alpha value is -0.610. The molecule has 1 rings (SSSR count). The maximum atomic E-state index is 11.3. The Labute approximate surface area is 71.8 Å². The van der Waals surface area contributed by atoms with Crippen molar-refractivity contribution in [3.05, 3.63) is 0 Å². The number of hydrogen-bond acceptors (Lipinski definition) is 3. The Balaban J connectivity index is 2.52. The second-order valence-corrected chi connectivity index (χ2v) is 3.53. The Kier molecular flexibility index (Phi) is 2.69. The minimum Gasteiger partial charge on any atom is -0.388 e. The van der Waals surface area contributed by atoms with Gasteiger partial charge < -0.3 is 15.1 Å². The van der Waals surface area contributed by atoms with Gasteiger partial charge in [0.05, 0.1) is 12.2 Å². The Morgan fingerprint density at radius 1 is 1.33 bits per heavy atom. The average molecular weight is 173 g/mol. The number of nitrogens with zero attached hydrogens (tertiary/aromatic N) is 1. The summed E-state index contributed by atoms with van der Waals surface area (Å²) >= 11 is 0. The van der Waals surface area contributed by atoms with Gasteiger partial charge >= 0.3 is 0 Å². The van der Waals surface area contributed by atoms with Gasteiger partial charge in [0.15, 0.2) is 0 Å². The molecule has 1 heterocycles. The average Bonchev–Trinajstić information content (AvgIpc) is 2.30. The first-order chi connectivity index (χ1) is 5.52. The van der Waals surface area contributed by atoms with E-state index in [2.05, 4.69) is 0 Å². The van der Waals surface area contributed by atoms with Crippen LogP contribution in [0, 0.1) is 5.92 Å². The molecule has 1 saturated heterocycles. The van der Waals surface area contributed by atoms with E-state index in [1.54, 1.807) is 13.8 Å². The van der Waals surface area contributed by atoms with Crippen molar-refractivity contribution >= 4 is 5.91 Å². The maximum Gasteiger partial charge on any atom is 0.225 e. The molecule has 4 nitrogen and oxygen atoms in total. The molecule has 1 aliphatic heterocycles. The predicted molar refractivity (Wildman–Crippen MR) is 43.4 cm³/mol. The van der Waals surface area contributed by atoms with Gasteiger partial charge in [0, 0.05) is 19.0 Å². The Morgan fingerprint density at radius 3 is 2.08 bits per heavy atom. The number of carbonyl (C=O) groups excluding carboxylic acids is 1. The maximum absolute atomic E-state index is 11.3. The fourth-order valence-corrected chi connectivity index (χ4v) is 1.31. The van der Waals surface area contributed by atoms with E-state index >= 15 is 0 Å². The van der Waals surface area contributed by atoms with Gasteiger partial charge in [0.1, 0.15) is 0 Å². The lowest BCUT2D eigenvalue weighted by molar-refractivity contribution is -0.133. The normalized spacial score (nSPS) is 29.9. The van der Waals surface area contributed by atoms with Crippen LogP contribution in [-0.2, 0) is 4.79 Å². The molecule has 70 valence electrons. The Bertz CT molecular complexity index is 171. The molecule has 2 N–H and O–H groups in total. The molecule has 0 unspecified atom stereocenters. The lowest BCUT2D eigenvalue weighted by Crippen LogP contribution is -2.33. The number of likely N-dealkylation sites (tertiary alicyclic amines) is 1. The van der Waals surface area contributed by atoms with Gasteiger partial charge in [-0.25, -0.2) is 0 Å². The summed E-state index contributed by atoms with van der Waals surface area (Å²) in [5.74, 6) is -0.0758. The number of hydrogen-bond donors (Lipinski definition) is 2. The van der Waals surface area contributed by atoms with Gasteiger partial charge in [0.25, 0.3) is 0 Å². The first kappa shape index (κ1) is 9.48. The molecule has 2 atom stereocenters. The summed E-state index contributed by atoms with van der Waals surface area (Å²) in [5, 5.41) is 18.3. The predicted octanol–water partition coefficient (Wildman–Crippen LogP) is -0.794. The molecule has 1 aliphatic rings. The van der Waals surface area contributed by atoms with Crippen molar-refractivity contribution in [1.29, 1.82) is 0 Å². The highest BCUT2D eigenvalue weighted by Crippen LogP contribution is 2.12. The summed E-state index contributed by atoms with van der Waals surface area (Å²) in [6, 6.07) is 0. The number of β-amino-alcohol motifs (C(OH)–C–C–N with tert-alkyl or cyclic N) is 2. The summed E-state index contributed by atoms with van der Waals surface area (Å²) in [6.45, 7) is 4.13. The molecule has 0 bridgehead atoms. The molecule has 0 aromatic rings. The molecule has 0 saturated carbocycles. The smallest absolute Gasteiger partial charge is 0.225 e. The third kappa shape index (κ3) is 1.76. The zero-order chi connectivity index (χ0) is 9.30. The van der Waals surface area contributed by atoms with Crippen molar-refractivity contribution in [2.45, 2.75) is 26.1 Å². The SMILES string of the molecule is CC(C)C(=O)N1C[C@@H](O)[C@@H](O)C1. The first-order valence-electron chi connectivity index (χ1n) is 4.17. The number of amides is 1. The number of aliphatic hydroxyl groups excluding tert-OH is 2. The topological polar surface area (TPSA) is 60.8 Å². The van der Waals surface area contributed by atoms with E-state index in [0.717, 1.165) is 0 Å². The highest BCUT2D eigenvalue weighted by atomic mass is 16.3. The van der Waals surface area contributed by atoms with Gasteiger partial charge in [-0.3, -0.25) is 4.79 Å². The van der Waals surface area contributed by atoms with E-state index in [-0.39, 0.29) is 24.9 Å². The van der Waals surface area contributed by atoms with Crippen LogP contribution in [0.3, 0.4) is 0 Å². The second kappa shape index (κ2) is 3.41. The molecule has 0 spiro atoms. The fraction of sp³-hybridized carbons (Fsp3) is 0.875. The van der Waals surface area contributed by atoms with Crippen molar-refractivity contribution < 1.29 is 15.0 Å². The van der Waals surface area contributed by atoms with E-state index in [1.807, 2.05) is 0 Å². The molecule has 4 heteroatoms. The number of aliphatic hydroxyl groups is 2. The molecule has 12 heavy (non-hydrogen) atoms. The van der Waals surface area contributed by atoms with E-state index in [9.17, 15) is 4.79 Å². The van der Waals surface area contributed by atoms with Gasteiger partial charge in [-0.05, 0) is 0 Å². The summed E-state index contributed by atoms with van der Waals surface area (Å²) in [4.78, 5) is 12.8. The van der Waals surface area contributed by atoms with Crippen LogP contribution in [0.4, 0.5) is 0 Å². The van der Waals surface area contributed by atoms with Crippen molar-refractivity contribution in [3.63, 3.8) is 0 Å². The Morgan fingerprint density at radius 2 is 1.75 bits per heavy atom. The van der Waals surface area contributed by atoms with Crippen molar-refractivity contribution in [1.82, 2.24) is 4.90 Å². The second-order valence-electron chi connectivity index (χ2n) is 3.53. The highest BCUT2D eigenvalue weighted by molar-refractivity contribution is 5.78. The standard InChI is InChI=1S/C8H15NO3/c1-5(2)8(12)9-3-6(10)7(11)4-9/h5-7,10-11H,3-4H2,1-2H3/t6-,7+. The number of carbonyl (C=O) groups is 1. The van der Waals surface area contributed by atoms with Crippen LogP contribution in [0.1, 0.15) is 13.8 Å². The lowest BCUT2D eigenvalue weighted by Gasteiger charge is -2.17. The first-order valence-corrected chi connectivity index (χ1v) is 4.17. The van der Waals surface area contributed by atoms with Crippen LogP contribution in [0.25, 0.3) is 0 Å². The van der Waals surface area contributed by atoms with Gasteiger partial charge in [-0.1, -0.05) is 13.8 Å². The van der Waals surface area contributed by atoms with Crippen molar-refractivity contribution in [2.75, 3.05) is 13.1 Å². The molecular weight excluding hydrogens is 158 g/mol. The third-order valence-corrected chi connectivity index (χ3v) is 2.06. The zero-order valence-electron chi connectivity index (χ0n) is 7.40. The van der Waals surface area contributed by atoms with Gasteiger partial charge in [0.2, 0.25) is 5.91 Å². The van der Waals surface area contributed by atoms with Crippen LogP contribution < -0.4 is 0 Å². The summed E-state index contributed by atoms with van der Waals surface area (Å²) in [7, 11) is 0.